The standard InChI is InChI=1S/C19H35N3O/c1-2-3-4-7-18-8-10-19(11-9-18)23-17-16-22(14-5-12-20)15-6-13-21/h8-11H,2-7,12-17,20-21H2,1H3. The van der Waals surface area contributed by atoms with E-state index in [2.05, 4.69) is 36.1 Å². The number of ether oxygens (including phenoxy) is 1. The quantitative estimate of drug-likeness (QED) is 0.517. The van der Waals surface area contributed by atoms with Crippen LogP contribution in [0.4, 0.5) is 0 Å². The minimum absolute atomic E-state index is 0.713. The predicted octanol–water partition coefficient (Wildman–Crippen LogP) is 2.80. The van der Waals surface area contributed by atoms with Gasteiger partial charge in [-0.25, -0.2) is 0 Å². The molecule has 4 heteroatoms. The van der Waals surface area contributed by atoms with E-state index in [-0.39, 0.29) is 0 Å². The minimum Gasteiger partial charge on any atom is -0.492 e. The van der Waals surface area contributed by atoms with Crippen LogP contribution in [-0.2, 0) is 6.42 Å². The van der Waals surface area contributed by atoms with Gasteiger partial charge in [0.1, 0.15) is 12.4 Å². The van der Waals surface area contributed by atoms with Gasteiger partial charge in [0.15, 0.2) is 0 Å². The Hall–Kier alpha value is -1.10. The number of benzene rings is 1. The highest BCUT2D eigenvalue weighted by Gasteiger charge is 2.04. The second kappa shape index (κ2) is 13.3. The highest BCUT2D eigenvalue weighted by atomic mass is 16.5. The fourth-order valence-corrected chi connectivity index (χ4v) is 2.59. The van der Waals surface area contributed by atoms with Gasteiger partial charge >= 0.3 is 0 Å². The van der Waals surface area contributed by atoms with Gasteiger partial charge in [0.25, 0.3) is 0 Å². The number of nitrogens with zero attached hydrogens (tertiary/aromatic N) is 1. The van der Waals surface area contributed by atoms with E-state index in [1.54, 1.807) is 0 Å². The van der Waals surface area contributed by atoms with Crippen molar-refractivity contribution in [3.05, 3.63) is 29.8 Å². The van der Waals surface area contributed by atoms with Crippen LogP contribution in [0.5, 0.6) is 5.75 Å². The molecule has 0 heterocycles. The monoisotopic (exact) mass is 321 g/mol. The molecule has 0 unspecified atom stereocenters. The third kappa shape index (κ3) is 9.59. The van der Waals surface area contributed by atoms with Crippen LogP contribution in [0.25, 0.3) is 0 Å². The molecule has 4 N–H and O–H groups in total. The van der Waals surface area contributed by atoms with Gasteiger partial charge < -0.3 is 16.2 Å². The lowest BCUT2D eigenvalue weighted by Gasteiger charge is -2.21. The molecule has 0 aliphatic heterocycles. The maximum Gasteiger partial charge on any atom is 0.119 e. The lowest BCUT2D eigenvalue weighted by Crippen LogP contribution is -2.32. The molecule has 0 bridgehead atoms. The molecule has 0 radical (unpaired) electrons. The molecule has 0 amide bonds. The molecular formula is C19H35N3O. The average molecular weight is 322 g/mol. The highest BCUT2D eigenvalue weighted by Crippen LogP contribution is 2.14. The van der Waals surface area contributed by atoms with Crippen LogP contribution >= 0.6 is 0 Å². The van der Waals surface area contributed by atoms with Crippen LogP contribution in [0.2, 0.25) is 0 Å². The average Bonchev–Trinajstić information content (AvgIpc) is 2.58. The maximum absolute atomic E-state index is 5.87. The van der Waals surface area contributed by atoms with Crippen LogP contribution < -0.4 is 16.2 Å². The summed E-state index contributed by atoms with van der Waals surface area (Å²) in [6.07, 6.45) is 7.06. The van der Waals surface area contributed by atoms with Crippen molar-refractivity contribution in [1.82, 2.24) is 4.90 Å². The smallest absolute Gasteiger partial charge is 0.119 e. The first-order valence-corrected chi connectivity index (χ1v) is 9.14. The fourth-order valence-electron chi connectivity index (χ4n) is 2.59. The summed E-state index contributed by atoms with van der Waals surface area (Å²) in [6, 6.07) is 8.55. The Morgan fingerprint density at radius 1 is 0.870 bits per heavy atom. The van der Waals surface area contributed by atoms with Gasteiger partial charge in [-0.15, -0.1) is 0 Å². The first-order chi connectivity index (χ1) is 11.3. The van der Waals surface area contributed by atoms with Gasteiger partial charge in [-0.1, -0.05) is 31.9 Å². The number of hydrogen-bond donors (Lipinski definition) is 2. The Morgan fingerprint density at radius 3 is 2.09 bits per heavy atom. The van der Waals surface area contributed by atoms with Gasteiger partial charge in [-0.05, 0) is 69.6 Å². The van der Waals surface area contributed by atoms with Crippen molar-refractivity contribution >= 4 is 0 Å². The largest absolute Gasteiger partial charge is 0.492 e. The van der Waals surface area contributed by atoms with Crippen molar-refractivity contribution in [3.8, 4) is 5.75 Å². The number of nitrogens with two attached hydrogens (primary N) is 2. The van der Waals surface area contributed by atoms with E-state index in [1.165, 1.54) is 31.2 Å². The number of aryl methyl sites for hydroxylation is 1. The van der Waals surface area contributed by atoms with Crippen molar-refractivity contribution in [1.29, 1.82) is 0 Å². The first kappa shape index (κ1) is 19.9. The van der Waals surface area contributed by atoms with Gasteiger partial charge in [-0.3, -0.25) is 4.90 Å². The summed E-state index contributed by atoms with van der Waals surface area (Å²) in [5, 5.41) is 0. The Labute approximate surface area is 142 Å². The molecule has 1 aromatic carbocycles. The van der Waals surface area contributed by atoms with E-state index in [0.717, 1.165) is 51.3 Å². The number of rotatable bonds is 14. The van der Waals surface area contributed by atoms with Crippen LogP contribution in [0, 0.1) is 0 Å². The topological polar surface area (TPSA) is 64.5 Å². The predicted molar refractivity (Wildman–Crippen MR) is 98.9 cm³/mol. The third-order valence-corrected chi connectivity index (χ3v) is 4.03. The fraction of sp³-hybridized carbons (Fsp3) is 0.684. The normalized spacial score (nSPS) is 11.1. The maximum atomic E-state index is 5.87. The summed E-state index contributed by atoms with van der Waals surface area (Å²) in [7, 11) is 0. The molecule has 0 aromatic heterocycles. The van der Waals surface area contributed by atoms with E-state index in [4.69, 9.17) is 16.2 Å². The molecule has 4 nitrogen and oxygen atoms in total. The van der Waals surface area contributed by atoms with Crippen molar-refractivity contribution in [2.45, 2.75) is 45.4 Å². The van der Waals surface area contributed by atoms with Gasteiger partial charge in [0.05, 0.1) is 0 Å². The van der Waals surface area contributed by atoms with Gasteiger partial charge in [-0.2, -0.15) is 0 Å². The number of unbranched alkanes of at least 4 members (excludes halogenated alkanes) is 2. The van der Waals surface area contributed by atoms with Gasteiger partial charge in [0, 0.05) is 6.54 Å². The van der Waals surface area contributed by atoms with Crippen molar-refractivity contribution in [2.24, 2.45) is 11.5 Å². The molecule has 0 saturated carbocycles. The van der Waals surface area contributed by atoms with E-state index in [1.807, 2.05) is 0 Å². The summed E-state index contributed by atoms with van der Waals surface area (Å²) < 4.78 is 5.87. The van der Waals surface area contributed by atoms with Crippen molar-refractivity contribution in [3.63, 3.8) is 0 Å². The number of hydrogen-bond acceptors (Lipinski definition) is 4. The Balaban J connectivity index is 2.29. The first-order valence-electron chi connectivity index (χ1n) is 9.14. The lowest BCUT2D eigenvalue weighted by molar-refractivity contribution is 0.207. The zero-order chi connectivity index (χ0) is 16.8. The van der Waals surface area contributed by atoms with E-state index in [0.29, 0.717) is 6.61 Å². The van der Waals surface area contributed by atoms with Crippen LogP contribution in [-0.4, -0.2) is 44.2 Å². The Morgan fingerprint density at radius 2 is 1.52 bits per heavy atom. The summed E-state index contributed by atoms with van der Waals surface area (Å²) in [6.45, 7) is 7.40. The molecule has 23 heavy (non-hydrogen) atoms. The zero-order valence-corrected chi connectivity index (χ0v) is 14.8. The molecule has 0 saturated heterocycles. The molecule has 1 rings (SSSR count). The van der Waals surface area contributed by atoms with E-state index < -0.39 is 0 Å². The minimum atomic E-state index is 0.713. The SMILES string of the molecule is CCCCCc1ccc(OCCN(CCCN)CCCN)cc1. The van der Waals surface area contributed by atoms with E-state index in [9.17, 15) is 0 Å². The summed E-state index contributed by atoms with van der Waals surface area (Å²) in [5.74, 6) is 0.960. The Kier molecular flexibility index (Phi) is 11.6. The molecule has 0 spiro atoms. The van der Waals surface area contributed by atoms with Crippen molar-refractivity contribution in [2.75, 3.05) is 39.3 Å². The van der Waals surface area contributed by atoms with Crippen LogP contribution in [0.3, 0.4) is 0 Å². The van der Waals surface area contributed by atoms with E-state index >= 15 is 0 Å². The molecule has 0 atom stereocenters. The zero-order valence-electron chi connectivity index (χ0n) is 14.8. The lowest BCUT2D eigenvalue weighted by atomic mass is 10.1. The highest BCUT2D eigenvalue weighted by molar-refractivity contribution is 5.27. The summed E-state index contributed by atoms with van der Waals surface area (Å²) >= 11 is 0. The molecule has 0 aliphatic carbocycles. The van der Waals surface area contributed by atoms with Gasteiger partial charge in [0.2, 0.25) is 0 Å². The van der Waals surface area contributed by atoms with Crippen LogP contribution in [0.1, 0.15) is 44.6 Å². The molecule has 1 aromatic rings. The van der Waals surface area contributed by atoms with Crippen LogP contribution in [0.15, 0.2) is 24.3 Å². The molecule has 0 aliphatic rings. The second-order valence-electron chi connectivity index (χ2n) is 6.08. The van der Waals surface area contributed by atoms with Crippen molar-refractivity contribution < 1.29 is 4.74 Å². The third-order valence-electron chi connectivity index (χ3n) is 4.03. The second-order valence-corrected chi connectivity index (χ2v) is 6.08. The summed E-state index contributed by atoms with van der Waals surface area (Å²) in [5.41, 5.74) is 12.6. The molecule has 0 fully saturated rings. The molecule has 132 valence electrons. The Bertz CT molecular complexity index is 373. The molecular weight excluding hydrogens is 286 g/mol. The summed E-state index contributed by atoms with van der Waals surface area (Å²) in [4.78, 5) is 2.39.